The molecule has 27 heavy (non-hydrogen) atoms. The summed E-state index contributed by atoms with van der Waals surface area (Å²) in [6, 6.07) is 10.2. The van der Waals surface area contributed by atoms with Crippen LogP contribution in [0.4, 0.5) is 14.5 Å². The highest BCUT2D eigenvalue weighted by molar-refractivity contribution is 9.10. The Balaban J connectivity index is 1.66. The Morgan fingerprint density at radius 2 is 1.93 bits per heavy atom. The minimum absolute atomic E-state index is 0.0456. The van der Waals surface area contributed by atoms with Crippen molar-refractivity contribution in [3.63, 3.8) is 0 Å². The smallest absolute Gasteiger partial charge is 0.164 e. The van der Waals surface area contributed by atoms with Gasteiger partial charge in [-0.1, -0.05) is 45.9 Å². The van der Waals surface area contributed by atoms with Crippen LogP contribution in [0, 0.1) is 11.6 Å². The first kappa shape index (κ1) is 18.9. The number of aliphatic imine (C=N–C) groups is 1. The third-order valence-electron chi connectivity index (χ3n) is 4.59. The third kappa shape index (κ3) is 3.77. The van der Waals surface area contributed by atoms with Crippen molar-refractivity contribution in [3.05, 3.63) is 64.1 Å². The predicted octanol–water partition coefficient (Wildman–Crippen LogP) is 4.00. The lowest BCUT2D eigenvalue weighted by molar-refractivity contribution is 0.600. The highest BCUT2D eigenvalue weighted by Crippen LogP contribution is 2.37. The largest absolute Gasteiger partial charge is 0.312 e. The molecule has 0 saturated carbocycles. The van der Waals surface area contributed by atoms with E-state index in [2.05, 4.69) is 20.9 Å². The van der Waals surface area contributed by atoms with E-state index in [1.54, 1.807) is 35.2 Å². The molecule has 0 bridgehead atoms. The zero-order valence-corrected chi connectivity index (χ0v) is 17.2. The summed E-state index contributed by atoms with van der Waals surface area (Å²) in [6.07, 6.45) is 0. The number of anilines is 1. The molecule has 0 radical (unpaired) electrons. The summed E-state index contributed by atoms with van der Waals surface area (Å²) in [5.74, 6) is -0.565. The summed E-state index contributed by atoms with van der Waals surface area (Å²) in [6.45, 7) is 0. The van der Waals surface area contributed by atoms with Crippen molar-refractivity contribution in [1.29, 1.82) is 0 Å². The molecule has 142 valence electrons. The van der Waals surface area contributed by atoms with Crippen molar-refractivity contribution in [2.24, 2.45) is 4.99 Å². The van der Waals surface area contributed by atoms with Crippen molar-refractivity contribution in [2.45, 2.75) is 17.8 Å². The maximum atomic E-state index is 14.6. The van der Waals surface area contributed by atoms with Crippen LogP contribution in [0.2, 0.25) is 0 Å². The normalized spacial score (nSPS) is 23.4. The van der Waals surface area contributed by atoms with Crippen LogP contribution >= 0.6 is 27.7 Å². The molecule has 0 N–H and O–H groups in total. The fourth-order valence-electron chi connectivity index (χ4n) is 3.35. The van der Waals surface area contributed by atoms with Gasteiger partial charge in [0.1, 0.15) is 11.6 Å². The van der Waals surface area contributed by atoms with E-state index in [4.69, 9.17) is 0 Å². The molecule has 2 atom stereocenters. The summed E-state index contributed by atoms with van der Waals surface area (Å²) < 4.78 is 53.2. The molecule has 9 heteroatoms. The fourth-order valence-corrected chi connectivity index (χ4v) is 6.63. The SMILES string of the molecule is O=S1(=O)C[C@@H]2N=C(SCc3ccccc3F)N(c3ccc(Br)cc3F)[C@H]2C1. The first-order valence-electron chi connectivity index (χ1n) is 8.23. The van der Waals surface area contributed by atoms with Gasteiger partial charge in [0.05, 0.1) is 29.3 Å². The van der Waals surface area contributed by atoms with E-state index in [0.29, 0.717) is 21.0 Å². The van der Waals surface area contributed by atoms with Gasteiger partial charge in [0, 0.05) is 10.2 Å². The van der Waals surface area contributed by atoms with Crippen LogP contribution in [0.15, 0.2) is 51.9 Å². The van der Waals surface area contributed by atoms with E-state index in [9.17, 15) is 17.2 Å². The fraction of sp³-hybridized carbons (Fsp3) is 0.278. The molecule has 2 heterocycles. The van der Waals surface area contributed by atoms with Gasteiger partial charge in [0.25, 0.3) is 0 Å². The molecule has 2 aromatic rings. The number of fused-ring (bicyclic) bond motifs is 1. The summed E-state index contributed by atoms with van der Waals surface area (Å²) >= 11 is 4.52. The molecule has 0 aliphatic carbocycles. The number of hydrogen-bond donors (Lipinski definition) is 0. The van der Waals surface area contributed by atoms with E-state index < -0.39 is 27.7 Å². The average molecular weight is 473 g/mol. The van der Waals surface area contributed by atoms with Gasteiger partial charge in [-0.05, 0) is 29.8 Å². The van der Waals surface area contributed by atoms with Gasteiger partial charge >= 0.3 is 0 Å². The number of sulfone groups is 1. The number of rotatable bonds is 3. The van der Waals surface area contributed by atoms with Crippen LogP contribution in [0.3, 0.4) is 0 Å². The molecule has 4 rings (SSSR count). The maximum absolute atomic E-state index is 14.6. The summed E-state index contributed by atoms with van der Waals surface area (Å²) in [7, 11) is -3.21. The third-order valence-corrected chi connectivity index (χ3v) is 7.80. The molecule has 1 saturated heterocycles. The van der Waals surface area contributed by atoms with Crippen LogP contribution in [0.5, 0.6) is 0 Å². The van der Waals surface area contributed by atoms with E-state index in [1.165, 1.54) is 23.9 Å². The minimum Gasteiger partial charge on any atom is -0.312 e. The Kier molecular flexibility index (Phi) is 5.02. The van der Waals surface area contributed by atoms with Gasteiger partial charge in [0.15, 0.2) is 15.0 Å². The second-order valence-electron chi connectivity index (χ2n) is 6.47. The molecule has 0 unspecified atom stereocenters. The second-order valence-corrected chi connectivity index (χ2v) is 10.5. The van der Waals surface area contributed by atoms with E-state index in [-0.39, 0.29) is 23.0 Å². The van der Waals surface area contributed by atoms with Gasteiger partial charge in [-0.2, -0.15) is 0 Å². The summed E-state index contributed by atoms with van der Waals surface area (Å²) in [4.78, 5) is 6.19. The quantitative estimate of drug-likeness (QED) is 0.677. The number of nitrogens with zero attached hydrogens (tertiary/aromatic N) is 2. The zero-order valence-electron chi connectivity index (χ0n) is 14.0. The van der Waals surface area contributed by atoms with Crippen molar-refractivity contribution in [2.75, 3.05) is 16.4 Å². The molecule has 2 aliphatic rings. The van der Waals surface area contributed by atoms with Gasteiger partial charge in [-0.25, -0.2) is 17.2 Å². The van der Waals surface area contributed by atoms with E-state index in [1.807, 2.05) is 0 Å². The van der Waals surface area contributed by atoms with Crippen LogP contribution in [0.1, 0.15) is 5.56 Å². The number of hydrogen-bond acceptors (Lipinski definition) is 5. The van der Waals surface area contributed by atoms with Crippen LogP contribution in [-0.4, -0.2) is 37.2 Å². The van der Waals surface area contributed by atoms with Crippen LogP contribution < -0.4 is 4.90 Å². The lowest BCUT2D eigenvalue weighted by Gasteiger charge is -2.27. The first-order valence-corrected chi connectivity index (χ1v) is 11.8. The minimum atomic E-state index is -3.21. The van der Waals surface area contributed by atoms with E-state index >= 15 is 0 Å². The molecular formula is C18H15BrF2N2O2S2. The lowest BCUT2D eigenvalue weighted by Crippen LogP contribution is -2.39. The molecule has 2 aliphatic heterocycles. The van der Waals surface area contributed by atoms with E-state index in [0.717, 1.165) is 0 Å². The van der Waals surface area contributed by atoms with Crippen LogP contribution in [0.25, 0.3) is 0 Å². The number of amidine groups is 1. The van der Waals surface area contributed by atoms with Crippen LogP contribution in [-0.2, 0) is 15.6 Å². The highest BCUT2D eigenvalue weighted by atomic mass is 79.9. The molecule has 0 amide bonds. The molecule has 4 nitrogen and oxygen atoms in total. The number of benzene rings is 2. The average Bonchev–Trinajstić information content (AvgIpc) is 3.06. The highest BCUT2D eigenvalue weighted by Gasteiger charge is 2.47. The Labute approximate surface area is 168 Å². The molecular weight excluding hydrogens is 458 g/mol. The zero-order chi connectivity index (χ0) is 19.2. The number of thioether (sulfide) groups is 1. The molecule has 0 spiro atoms. The molecule has 0 aromatic heterocycles. The summed E-state index contributed by atoms with van der Waals surface area (Å²) in [5, 5.41) is 0.518. The number of halogens is 3. The van der Waals surface area contributed by atoms with Crippen molar-refractivity contribution in [1.82, 2.24) is 0 Å². The maximum Gasteiger partial charge on any atom is 0.164 e. The Bertz CT molecular complexity index is 1030. The molecule has 2 aromatic carbocycles. The van der Waals surface area contributed by atoms with Crippen molar-refractivity contribution >= 4 is 48.4 Å². The Morgan fingerprint density at radius 1 is 1.15 bits per heavy atom. The standard InChI is InChI=1S/C18H15BrF2N2O2S2/c19-12-5-6-16(14(21)7-12)23-17-10-27(24,25)9-15(17)22-18(23)26-8-11-3-1-2-4-13(11)20/h1-7,15,17H,8-10H2/t15-,17-/m0/s1. The van der Waals surface area contributed by atoms with Gasteiger partial charge in [-0.3, -0.25) is 4.99 Å². The summed E-state index contributed by atoms with van der Waals surface area (Å²) in [5.41, 5.74) is 0.800. The van der Waals surface area contributed by atoms with Crippen molar-refractivity contribution < 1.29 is 17.2 Å². The topological polar surface area (TPSA) is 49.7 Å². The van der Waals surface area contributed by atoms with Gasteiger partial charge in [0.2, 0.25) is 0 Å². The molecule has 1 fully saturated rings. The second kappa shape index (κ2) is 7.18. The Morgan fingerprint density at radius 3 is 2.67 bits per heavy atom. The first-order chi connectivity index (χ1) is 12.8. The monoisotopic (exact) mass is 472 g/mol. The Hall–Kier alpha value is -1.45. The lowest BCUT2D eigenvalue weighted by atomic mass is 10.1. The van der Waals surface area contributed by atoms with Crippen molar-refractivity contribution in [3.8, 4) is 0 Å². The van der Waals surface area contributed by atoms with Gasteiger partial charge in [-0.15, -0.1) is 0 Å². The van der Waals surface area contributed by atoms with Gasteiger partial charge < -0.3 is 4.90 Å². The predicted molar refractivity (Wildman–Crippen MR) is 108 cm³/mol.